The Hall–Kier alpha value is -2.71. The van der Waals surface area contributed by atoms with Crippen LogP contribution in [0.2, 0.25) is 0 Å². The number of amides is 2. The molecule has 1 aromatic rings. The van der Waals surface area contributed by atoms with Gasteiger partial charge in [0.1, 0.15) is 0 Å². The van der Waals surface area contributed by atoms with Crippen molar-refractivity contribution in [2.45, 2.75) is 49.9 Å². The van der Waals surface area contributed by atoms with E-state index in [4.69, 9.17) is 9.47 Å². The van der Waals surface area contributed by atoms with Crippen molar-refractivity contribution in [2.75, 3.05) is 13.8 Å². The van der Waals surface area contributed by atoms with Gasteiger partial charge in [0.2, 0.25) is 6.79 Å². The van der Waals surface area contributed by atoms with Gasteiger partial charge in [-0.3, -0.25) is 19.2 Å². The minimum atomic E-state index is -1.61. The van der Waals surface area contributed by atoms with Gasteiger partial charge in [0, 0.05) is 27.3 Å². The molecule has 0 radical (unpaired) electrons. The van der Waals surface area contributed by atoms with E-state index in [1.54, 1.807) is 25.1 Å². The molecule has 0 N–H and O–H groups in total. The molecule has 3 aliphatic rings. The normalized spacial score (nSPS) is 32.5. The Kier molecular flexibility index (Phi) is 5.45. The molecule has 0 bridgehead atoms. The van der Waals surface area contributed by atoms with Crippen LogP contribution >= 0.6 is 23.5 Å². The summed E-state index contributed by atoms with van der Waals surface area (Å²) in [4.78, 5) is 51.8. The van der Waals surface area contributed by atoms with Crippen LogP contribution in [-0.2, 0) is 19.2 Å². The number of ether oxygens (including phenoxy) is 2. The van der Waals surface area contributed by atoms with Crippen molar-refractivity contribution < 1.29 is 28.7 Å². The monoisotopic (exact) mass is 489 g/mol. The number of hydrogen-bond donors (Lipinski definition) is 0. The number of carbonyl (C=O) groups is 4. The Morgan fingerprint density at radius 1 is 1.09 bits per heavy atom. The number of carbonyl (C=O) groups excluding carboxylic acids is 4. The second-order valence-electron chi connectivity index (χ2n) is 8.72. The van der Waals surface area contributed by atoms with Crippen LogP contribution in [0.15, 0.2) is 18.2 Å². The van der Waals surface area contributed by atoms with E-state index in [2.05, 4.69) is 6.07 Å². The number of nitriles is 1. The maximum Gasteiger partial charge on any atom is 0.261 e. The van der Waals surface area contributed by atoms with Gasteiger partial charge in [-0.15, -0.1) is 0 Å². The molecule has 4 atom stereocenters. The lowest BCUT2D eigenvalue weighted by atomic mass is 9.79. The largest absolute Gasteiger partial charge is 0.454 e. The molecule has 1 aromatic carbocycles. The van der Waals surface area contributed by atoms with Gasteiger partial charge in [-0.25, -0.2) is 0 Å². The number of likely N-dealkylation sites (N-methyl/N-ethyl adjacent to an activating group) is 1. The average Bonchev–Trinajstić information content (AvgIpc) is 3.30. The first-order valence-electron chi connectivity index (χ1n) is 10.2. The van der Waals surface area contributed by atoms with Crippen molar-refractivity contribution in [1.82, 2.24) is 9.80 Å². The number of rotatable bonds is 3. The number of fused-ring (bicyclic) bond motifs is 2. The van der Waals surface area contributed by atoms with Crippen LogP contribution in [0.5, 0.6) is 11.5 Å². The highest BCUT2D eigenvalue weighted by Gasteiger charge is 2.71. The fourth-order valence-electron chi connectivity index (χ4n) is 4.92. The summed E-state index contributed by atoms with van der Waals surface area (Å²) in [6.07, 6.45) is -0.0460. The number of piperazine rings is 1. The second-order valence-corrected chi connectivity index (χ2v) is 11.7. The Morgan fingerprint density at radius 3 is 2.33 bits per heavy atom. The lowest BCUT2D eigenvalue weighted by Crippen LogP contribution is -2.71. The predicted octanol–water partition coefficient (Wildman–Crippen LogP) is 2.66. The summed E-state index contributed by atoms with van der Waals surface area (Å²) in [6, 6.07) is 6.56. The van der Waals surface area contributed by atoms with E-state index in [0.29, 0.717) is 17.1 Å². The van der Waals surface area contributed by atoms with Gasteiger partial charge >= 0.3 is 0 Å². The predicted molar refractivity (Wildman–Crippen MR) is 121 cm³/mol. The summed E-state index contributed by atoms with van der Waals surface area (Å²) in [5.74, 6) is -0.000664. The molecule has 174 valence electrons. The summed E-state index contributed by atoms with van der Waals surface area (Å²) in [7, 11) is 1.45. The summed E-state index contributed by atoms with van der Waals surface area (Å²) in [5, 5.41) is 9.55. The van der Waals surface area contributed by atoms with E-state index in [0.717, 1.165) is 23.5 Å². The second kappa shape index (κ2) is 7.67. The summed E-state index contributed by atoms with van der Waals surface area (Å²) in [6.45, 7) is 5.90. The molecule has 0 spiro atoms. The maximum atomic E-state index is 14.1. The van der Waals surface area contributed by atoms with Crippen LogP contribution in [0.25, 0.3) is 0 Å². The van der Waals surface area contributed by atoms with Crippen LogP contribution in [0.4, 0.5) is 0 Å². The molecule has 2 amide bonds. The molecule has 3 heterocycles. The summed E-state index contributed by atoms with van der Waals surface area (Å²) >= 11 is 1.49. The minimum Gasteiger partial charge on any atom is -0.454 e. The molecule has 3 aliphatic heterocycles. The molecule has 4 rings (SSSR count). The van der Waals surface area contributed by atoms with Crippen molar-refractivity contribution in [3.63, 3.8) is 0 Å². The quantitative estimate of drug-likeness (QED) is 0.631. The van der Waals surface area contributed by atoms with Gasteiger partial charge in [-0.1, -0.05) is 17.8 Å². The van der Waals surface area contributed by atoms with Crippen molar-refractivity contribution in [3.05, 3.63) is 23.8 Å². The molecule has 2 saturated heterocycles. The molecule has 2 fully saturated rings. The molecule has 2 unspecified atom stereocenters. The molecular formula is C22H23N3O6S2. The van der Waals surface area contributed by atoms with Crippen LogP contribution in [0, 0.1) is 16.7 Å². The Morgan fingerprint density at radius 2 is 1.73 bits per heavy atom. The fraction of sp³-hybridized carbons (Fsp3) is 0.500. The number of benzene rings is 1. The zero-order valence-electron chi connectivity index (χ0n) is 18.8. The van der Waals surface area contributed by atoms with E-state index < -0.39 is 33.0 Å². The summed E-state index contributed by atoms with van der Waals surface area (Å²) in [5.41, 5.74) is -0.621. The van der Waals surface area contributed by atoms with E-state index in [-0.39, 0.29) is 23.4 Å². The average molecular weight is 490 g/mol. The lowest BCUT2D eigenvalue weighted by Gasteiger charge is -2.52. The van der Waals surface area contributed by atoms with Gasteiger partial charge in [0.25, 0.3) is 11.8 Å². The lowest BCUT2D eigenvalue weighted by molar-refractivity contribution is -0.163. The van der Waals surface area contributed by atoms with Crippen molar-refractivity contribution in [2.24, 2.45) is 5.41 Å². The van der Waals surface area contributed by atoms with Crippen LogP contribution in [0.3, 0.4) is 0 Å². The van der Waals surface area contributed by atoms with E-state index in [1.807, 2.05) is 0 Å². The molecule has 0 aromatic heterocycles. The molecule has 33 heavy (non-hydrogen) atoms. The van der Waals surface area contributed by atoms with Crippen molar-refractivity contribution >= 4 is 45.6 Å². The zero-order chi connectivity index (χ0) is 24.3. The third-order valence-corrected chi connectivity index (χ3v) is 8.65. The standard InChI is InChI=1S/C22H23N3O6S2/c1-12(26)32-21(4)18(28)25-17(14-6-7-15-16(8-14)31-11-30-15)20(3,10-23)9-22(25,33-13(2)27)19(29)24(21)5/h6-8,17H,9,11H2,1-5H3/t17?,20-,21+,22?/m1/s1. The molecule has 0 aliphatic carbocycles. The van der Waals surface area contributed by atoms with Gasteiger partial charge in [0.15, 0.2) is 31.5 Å². The minimum absolute atomic E-state index is 0.0460. The third-order valence-electron chi connectivity index (χ3n) is 6.37. The number of nitrogens with zero attached hydrogens (tertiary/aromatic N) is 3. The van der Waals surface area contributed by atoms with Crippen molar-refractivity contribution in [3.8, 4) is 17.6 Å². The third kappa shape index (κ3) is 3.30. The first kappa shape index (κ1) is 23.4. The molecule has 9 nitrogen and oxygen atoms in total. The molecule has 11 heteroatoms. The van der Waals surface area contributed by atoms with Gasteiger partial charge < -0.3 is 19.3 Å². The van der Waals surface area contributed by atoms with Crippen molar-refractivity contribution in [1.29, 1.82) is 5.26 Å². The van der Waals surface area contributed by atoms with Crippen LogP contribution in [-0.4, -0.2) is 55.4 Å². The highest BCUT2D eigenvalue weighted by Crippen LogP contribution is 2.62. The van der Waals surface area contributed by atoms with Crippen LogP contribution < -0.4 is 9.47 Å². The van der Waals surface area contributed by atoms with E-state index in [9.17, 15) is 24.4 Å². The molecule has 0 saturated carbocycles. The SMILES string of the molecule is CC(=O)SC12C[C@](C)(C#N)C(c3ccc4c(c3)OCO4)N1C(=O)[C@](C)(SC(C)=O)N(C)C2=O. The van der Waals surface area contributed by atoms with Gasteiger partial charge in [0.05, 0.1) is 17.5 Å². The highest BCUT2D eigenvalue weighted by molar-refractivity contribution is 8.16. The maximum absolute atomic E-state index is 14.1. The topological polar surface area (TPSA) is 117 Å². The number of hydrogen-bond acceptors (Lipinski definition) is 9. The highest BCUT2D eigenvalue weighted by atomic mass is 32.2. The van der Waals surface area contributed by atoms with Gasteiger partial charge in [-0.05, 0) is 43.3 Å². The van der Waals surface area contributed by atoms with Crippen LogP contribution in [0.1, 0.15) is 45.7 Å². The Bertz CT molecular complexity index is 1140. The fourth-order valence-corrected chi connectivity index (χ4v) is 7.24. The first-order chi connectivity index (χ1) is 15.4. The number of thioether (sulfide) groups is 2. The summed E-state index contributed by atoms with van der Waals surface area (Å²) < 4.78 is 10.9. The molecular weight excluding hydrogens is 466 g/mol. The van der Waals surface area contributed by atoms with E-state index in [1.165, 1.54) is 37.6 Å². The van der Waals surface area contributed by atoms with Gasteiger partial charge in [-0.2, -0.15) is 5.26 Å². The first-order valence-corrected chi connectivity index (χ1v) is 11.8. The zero-order valence-corrected chi connectivity index (χ0v) is 20.5. The van der Waals surface area contributed by atoms with E-state index >= 15 is 0 Å². The smallest absolute Gasteiger partial charge is 0.261 e. The Labute approximate surface area is 199 Å². The Balaban J connectivity index is 1.96.